The van der Waals surface area contributed by atoms with Crippen molar-refractivity contribution in [1.82, 2.24) is 15.2 Å². The van der Waals surface area contributed by atoms with Crippen molar-refractivity contribution in [2.45, 2.75) is 33.6 Å². The van der Waals surface area contributed by atoms with Gasteiger partial charge in [-0.1, -0.05) is 38.1 Å². The molecule has 0 amide bonds. The number of ether oxygens (including phenoxy) is 2. The molecule has 33 heavy (non-hydrogen) atoms. The lowest BCUT2D eigenvalue weighted by molar-refractivity contribution is 0.317. The maximum absolute atomic E-state index is 5.65. The van der Waals surface area contributed by atoms with Crippen molar-refractivity contribution in [1.29, 1.82) is 0 Å². The Balaban J connectivity index is 1.59. The van der Waals surface area contributed by atoms with Gasteiger partial charge < -0.3 is 9.47 Å². The van der Waals surface area contributed by atoms with Crippen LogP contribution in [0.4, 0.5) is 11.8 Å². The fourth-order valence-corrected chi connectivity index (χ4v) is 2.67. The van der Waals surface area contributed by atoms with Crippen molar-refractivity contribution in [3.8, 4) is 11.5 Å². The van der Waals surface area contributed by atoms with Crippen molar-refractivity contribution < 1.29 is 9.47 Å². The van der Waals surface area contributed by atoms with Crippen LogP contribution in [0.1, 0.15) is 43.5 Å². The highest BCUT2D eigenvalue weighted by Crippen LogP contribution is 2.14. The normalized spacial score (nSPS) is 11.1. The van der Waals surface area contributed by atoms with E-state index in [1.807, 2.05) is 48.5 Å². The molecule has 9 nitrogen and oxygen atoms in total. The monoisotopic (exact) mass is 447 g/mol. The third kappa shape index (κ3) is 7.88. The minimum atomic E-state index is 0.253. The minimum absolute atomic E-state index is 0.253. The summed E-state index contributed by atoms with van der Waals surface area (Å²) in [6, 6.07) is 15.4. The van der Waals surface area contributed by atoms with Gasteiger partial charge in [0.05, 0.1) is 25.6 Å². The Bertz CT molecular complexity index is 1090. The van der Waals surface area contributed by atoms with Crippen LogP contribution in [0.5, 0.6) is 11.5 Å². The van der Waals surface area contributed by atoms with E-state index in [2.05, 4.69) is 50.1 Å². The number of hydrogen-bond acceptors (Lipinski definition) is 9. The Morgan fingerprint density at radius 1 is 0.818 bits per heavy atom. The van der Waals surface area contributed by atoms with E-state index in [0.29, 0.717) is 24.7 Å². The average Bonchev–Trinajstić information content (AvgIpc) is 2.84. The number of aromatic nitrogens is 3. The minimum Gasteiger partial charge on any atom is -0.494 e. The molecule has 3 rings (SSSR count). The van der Waals surface area contributed by atoms with Gasteiger partial charge in [0.2, 0.25) is 0 Å². The zero-order chi connectivity index (χ0) is 23.3. The molecule has 1 aromatic heterocycles. The Morgan fingerprint density at radius 3 is 1.97 bits per heavy atom. The first-order valence-corrected chi connectivity index (χ1v) is 10.9. The number of anilines is 2. The summed E-state index contributed by atoms with van der Waals surface area (Å²) < 4.78 is 11.3. The smallest absolute Gasteiger partial charge is 0.265 e. The first kappa shape index (κ1) is 23.6. The summed E-state index contributed by atoms with van der Waals surface area (Å²) in [5.74, 6) is 2.35. The van der Waals surface area contributed by atoms with Crippen molar-refractivity contribution >= 4 is 24.2 Å². The molecule has 0 saturated carbocycles. The number of nitrogens with one attached hydrogen (secondary N) is 2. The molecule has 0 aliphatic heterocycles. The summed E-state index contributed by atoms with van der Waals surface area (Å²) >= 11 is 0. The van der Waals surface area contributed by atoms with Gasteiger partial charge in [0.25, 0.3) is 5.95 Å². The van der Waals surface area contributed by atoms with Crippen LogP contribution in [0.3, 0.4) is 0 Å². The molecule has 0 fully saturated rings. The molecule has 0 bridgehead atoms. The van der Waals surface area contributed by atoms with Gasteiger partial charge in [-0.2, -0.15) is 15.2 Å². The van der Waals surface area contributed by atoms with E-state index in [1.165, 1.54) is 0 Å². The van der Waals surface area contributed by atoms with E-state index in [1.54, 1.807) is 19.4 Å². The van der Waals surface area contributed by atoms with Gasteiger partial charge in [0.15, 0.2) is 5.82 Å². The second-order valence-electron chi connectivity index (χ2n) is 7.15. The van der Waals surface area contributed by atoms with E-state index in [4.69, 9.17) is 9.47 Å². The molecule has 0 atom stereocenters. The molecule has 0 unspecified atom stereocenters. The molecule has 0 radical (unpaired) electrons. The predicted octanol–water partition coefficient (Wildman–Crippen LogP) is 4.65. The van der Waals surface area contributed by atoms with E-state index in [-0.39, 0.29) is 5.95 Å². The van der Waals surface area contributed by atoms with E-state index >= 15 is 0 Å². The molecule has 0 spiro atoms. The maximum atomic E-state index is 5.65. The van der Waals surface area contributed by atoms with E-state index in [0.717, 1.165) is 35.5 Å². The van der Waals surface area contributed by atoms with Crippen molar-refractivity contribution in [3.05, 3.63) is 65.4 Å². The number of aryl methyl sites for hydroxylation is 1. The quantitative estimate of drug-likeness (QED) is 0.307. The van der Waals surface area contributed by atoms with Crippen molar-refractivity contribution in [3.63, 3.8) is 0 Å². The zero-order valence-corrected chi connectivity index (χ0v) is 19.2. The number of rotatable bonds is 12. The van der Waals surface area contributed by atoms with Crippen LogP contribution in [0, 0.1) is 6.92 Å². The van der Waals surface area contributed by atoms with Gasteiger partial charge in [-0.25, -0.2) is 5.43 Å². The van der Waals surface area contributed by atoms with Crippen LogP contribution in [0.25, 0.3) is 0 Å². The molecule has 1 heterocycles. The molecule has 9 heteroatoms. The Kier molecular flexibility index (Phi) is 9.14. The van der Waals surface area contributed by atoms with Crippen LogP contribution in [0.2, 0.25) is 0 Å². The third-order valence-electron chi connectivity index (χ3n) is 4.28. The standard InChI is InChI=1S/C24H29N7O2/c1-4-12-32-21-10-6-8-19(14-21)16-25-29-23-18(3)28-31-24(27-23)30-26-17-20-9-7-11-22(15-20)33-13-5-2/h6-11,14-17H,4-5,12-13H2,1-3H3,(H2,27,29,30,31). The lowest BCUT2D eigenvalue weighted by Crippen LogP contribution is -2.05. The highest BCUT2D eigenvalue weighted by molar-refractivity contribution is 5.81. The fourth-order valence-electron chi connectivity index (χ4n) is 2.67. The SMILES string of the molecule is CCCOc1cccc(C=NNc2nnc(C)c(NN=Cc3cccc(OCCC)c3)n2)c1. The number of hydrazone groups is 2. The number of hydrogen-bond donors (Lipinski definition) is 2. The van der Waals surface area contributed by atoms with Gasteiger partial charge in [-0.05, 0) is 55.2 Å². The molecular formula is C24H29N7O2. The Labute approximate surface area is 194 Å². The molecule has 172 valence electrons. The van der Waals surface area contributed by atoms with Gasteiger partial charge in [0, 0.05) is 0 Å². The van der Waals surface area contributed by atoms with Crippen LogP contribution in [0.15, 0.2) is 58.7 Å². The molecule has 0 saturated heterocycles. The Hall–Kier alpha value is -4.01. The molecule has 0 aliphatic carbocycles. The fraction of sp³-hybridized carbons (Fsp3) is 0.292. The van der Waals surface area contributed by atoms with Crippen LogP contribution >= 0.6 is 0 Å². The van der Waals surface area contributed by atoms with E-state index in [9.17, 15) is 0 Å². The second-order valence-corrected chi connectivity index (χ2v) is 7.15. The van der Waals surface area contributed by atoms with Gasteiger partial charge in [0.1, 0.15) is 17.2 Å². The lowest BCUT2D eigenvalue weighted by atomic mass is 10.2. The number of benzene rings is 2. The van der Waals surface area contributed by atoms with E-state index < -0.39 is 0 Å². The lowest BCUT2D eigenvalue weighted by Gasteiger charge is -2.06. The largest absolute Gasteiger partial charge is 0.494 e. The Morgan fingerprint density at radius 2 is 1.39 bits per heavy atom. The van der Waals surface area contributed by atoms with Gasteiger partial charge in [-0.3, -0.25) is 5.43 Å². The molecule has 3 aromatic rings. The maximum Gasteiger partial charge on any atom is 0.265 e. The summed E-state index contributed by atoms with van der Waals surface area (Å²) in [5.41, 5.74) is 8.11. The van der Waals surface area contributed by atoms with Gasteiger partial charge >= 0.3 is 0 Å². The van der Waals surface area contributed by atoms with Crippen LogP contribution in [-0.4, -0.2) is 40.8 Å². The summed E-state index contributed by atoms with van der Waals surface area (Å²) in [6.45, 7) is 7.30. The summed E-state index contributed by atoms with van der Waals surface area (Å²) in [6.07, 6.45) is 5.28. The third-order valence-corrected chi connectivity index (χ3v) is 4.28. The summed E-state index contributed by atoms with van der Waals surface area (Å²) in [4.78, 5) is 4.38. The average molecular weight is 448 g/mol. The summed E-state index contributed by atoms with van der Waals surface area (Å²) in [5, 5.41) is 16.6. The highest BCUT2D eigenvalue weighted by Gasteiger charge is 2.04. The molecular weight excluding hydrogens is 418 g/mol. The predicted molar refractivity (Wildman–Crippen MR) is 131 cm³/mol. The van der Waals surface area contributed by atoms with Crippen molar-refractivity contribution in [2.24, 2.45) is 10.2 Å². The molecule has 2 N–H and O–H groups in total. The zero-order valence-electron chi connectivity index (χ0n) is 19.2. The topological polar surface area (TPSA) is 106 Å². The van der Waals surface area contributed by atoms with Gasteiger partial charge in [-0.15, -0.1) is 10.2 Å². The van der Waals surface area contributed by atoms with Crippen LogP contribution < -0.4 is 20.3 Å². The molecule has 2 aromatic carbocycles. The number of nitrogens with zero attached hydrogens (tertiary/aromatic N) is 5. The first-order valence-electron chi connectivity index (χ1n) is 10.9. The van der Waals surface area contributed by atoms with Crippen LogP contribution in [-0.2, 0) is 0 Å². The first-order chi connectivity index (χ1) is 16.2. The van der Waals surface area contributed by atoms with Crippen molar-refractivity contribution in [2.75, 3.05) is 24.1 Å². The summed E-state index contributed by atoms with van der Waals surface area (Å²) in [7, 11) is 0. The second kappa shape index (κ2) is 12.7. The highest BCUT2D eigenvalue weighted by atomic mass is 16.5. The molecule has 0 aliphatic rings.